The van der Waals surface area contributed by atoms with E-state index in [1.807, 2.05) is 0 Å². The van der Waals surface area contributed by atoms with Gasteiger partial charge in [0.25, 0.3) is 0 Å². The summed E-state index contributed by atoms with van der Waals surface area (Å²) < 4.78 is 12.5. The van der Waals surface area contributed by atoms with E-state index in [0.29, 0.717) is 0 Å². The van der Waals surface area contributed by atoms with Crippen LogP contribution in [0.4, 0.5) is 4.39 Å². The Morgan fingerprint density at radius 1 is 1.46 bits per heavy atom. The molecule has 13 heavy (non-hydrogen) atoms. The zero-order valence-electron chi connectivity index (χ0n) is 7.46. The van der Waals surface area contributed by atoms with Crippen molar-refractivity contribution in [2.45, 2.75) is 31.2 Å². The zero-order valence-corrected chi connectivity index (χ0v) is 7.46. The SMILES string of the molecule is NC1(CCc2ccc(F)cn2)CC1. The van der Waals surface area contributed by atoms with Crippen LogP contribution in [0.15, 0.2) is 18.3 Å². The number of aromatic nitrogens is 1. The first-order valence-corrected chi connectivity index (χ1v) is 4.57. The van der Waals surface area contributed by atoms with Gasteiger partial charge in [-0.15, -0.1) is 0 Å². The Bertz CT molecular complexity index is 290. The molecule has 0 radical (unpaired) electrons. The third-order valence-electron chi connectivity index (χ3n) is 2.56. The van der Waals surface area contributed by atoms with Gasteiger partial charge in [-0.3, -0.25) is 4.98 Å². The molecule has 1 saturated carbocycles. The highest BCUT2D eigenvalue weighted by molar-refractivity contribution is 5.08. The number of halogens is 1. The summed E-state index contributed by atoms with van der Waals surface area (Å²) in [6.07, 6.45) is 5.32. The first-order chi connectivity index (χ1) is 6.18. The van der Waals surface area contributed by atoms with Crippen molar-refractivity contribution in [3.05, 3.63) is 29.8 Å². The smallest absolute Gasteiger partial charge is 0.141 e. The summed E-state index contributed by atoms with van der Waals surface area (Å²) in [5.74, 6) is -0.280. The molecule has 1 heterocycles. The van der Waals surface area contributed by atoms with Crippen LogP contribution < -0.4 is 5.73 Å². The van der Waals surface area contributed by atoms with Crippen molar-refractivity contribution in [2.75, 3.05) is 0 Å². The van der Waals surface area contributed by atoms with Gasteiger partial charge in [0.2, 0.25) is 0 Å². The van der Waals surface area contributed by atoms with Gasteiger partial charge < -0.3 is 5.73 Å². The molecule has 2 nitrogen and oxygen atoms in total. The van der Waals surface area contributed by atoms with Crippen LogP contribution >= 0.6 is 0 Å². The monoisotopic (exact) mass is 180 g/mol. The topological polar surface area (TPSA) is 38.9 Å². The Morgan fingerprint density at radius 3 is 2.77 bits per heavy atom. The van der Waals surface area contributed by atoms with E-state index in [2.05, 4.69) is 4.98 Å². The maximum Gasteiger partial charge on any atom is 0.141 e. The van der Waals surface area contributed by atoms with E-state index in [1.54, 1.807) is 6.07 Å². The third-order valence-corrected chi connectivity index (χ3v) is 2.56. The van der Waals surface area contributed by atoms with Crippen LogP contribution in [-0.4, -0.2) is 10.5 Å². The molecule has 0 saturated heterocycles. The van der Waals surface area contributed by atoms with Crippen LogP contribution in [0.2, 0.25) is 0 Å². The number of aryl methyl sites for hydroxylation is 1. The zero-order chi connectivity index (χ0) is 9.31. The van der Waals surface area contributed by atoms with Crippen LogP contribution in [0.5, 0.6) is 0 Å². The molecule has 0 aromatic carbocycles. The minimum atomic E-state index is -0.280. The largest absolute Gasteiger partial charge is 0.325 e. The van der Waals surface area contributed by atoms with Gasteiger partial charge in [-0.2, -0.15) is 0 Å². The van der Waals surface area contributed by atoms with Crippen molar-refractivity contribution < 1.29 is 4.39 Å². The first-order valence-electron chi connectivity index (χ1n) is 4.57. The molecule has 1 fully saturated rings. The lowest BCUT2D eigenvalue weighted by atomic mass is 10.1. The van der Waals surface area contributed by atoms with Crippen molar-refractivity contribution in [1.29, 1.82) is 0 Å². The lowest BCUT2D eigenvalue weighted by Crippen LogP contribution is -2.22. The molecular weight excluding hydrogens is 167 g/mol. The Hall–Kier alpha value is -0.960. The Balaban J connectivity index is 1.91. The van der Waals surface area contributed by atoms with Crippen molar-refractivity contribution in [3.63, 3.8) is 0 Å². The van der Waals surface area contributed by atoms with Crippen LogP contribution in [0, 0.1) is 5.82 Å². The molecule has 2 rings (SSSR count). The molecule has 0 bridgehead atoms. The summed E-state index contributed by atoms with van der Waals surface area (Å²) in [5, 5.41) is 0. The Labute approximate surface area is 77.0 Å². The van der Waals surface area contributed by atoms with Crippen molar-refractivity contribution >= 4 is 0 Å². The van der Waals surface area contributed by atoms with E-state index in [9.17, 15) is 4.39 Å². The molecule has 70 valence electrons. The van der Waals surface area contributed by atoms with E-state index in [-0.39, 0.29) is 11.4 Å². The fraction of sp³-hybridized carbons (Fsp3) is 0.500. The number of hydrogen-bond donors (Lipinski definition) is 1. The number of nitrogens with zero attached hydrogens (tertiary/aromatic N) is 1. The first kappa shape index (κ1) is 8.63. The molecular formula is C10H13FN2. The van der Waals surface area contributed by atoms with E-state index in [4.69, 9.17) is 5.73 Å². The minimum Gasteiger partial charge on any atom is -0.325 e. The van der Waals surface area contributed by atoms with Gasteiger partial charge in [-0.1, -0.05) is 0 Å². The van der Waals surface area contributed by atoms with E-state index in [1.165, 1.54) is 12.3 Å². The van der Waals surface area contributed by atoms with Gasteiger partial charge in [0.15, 0.2) is 0 Å². The maximum absolute atomic E-state index is 12.5. The summed E-state index contributed by atoms with van der Waals surface area (Å²) in [7, 11) is 0. The molecule has 0 spiro atoms. The molecule has 0 atom stereocenters. The highest BCUT2D eigenvalue weighted by Crippen LogP contribution is 2.36. The van der Waals surface area contributed by atoms with Gasteiger partial charge >= 0.3 is 0 Å². The van der Waals surface area contributed by atoms with Gasteiger partial charge in [0.1, 0.15) is 5.82 Å². The predicted octanol–water partition coefficient (Wildman–Crippen LogP) is 1.64. The van der Waals surface area contributed by atoms with Gasteiger partial charge in [-0.25, -0.2) is 4.39 Å². The summed E-state index contributed by atoms with van der Waals surface area (Å²) >= 11 is 0. The molecule has 1 aromatic heterocycles. The molecule has 1 aromatic rings. The summed E-state index contributed by atoms with van der Waals surface area (Å²) in [5.41, 5.74) is 6.92. The molecule has 0 aliphatic heterocycles. The minimum absolute atomic E-state index is 0.0655. The van der Waals surface area contributed by atoms with Crippen molar-refractivity contribution in [1.82, 2.24) is 4.98 Å². The summed E-state index contributed by atoms with van der Waals surface area (Å²) in [4.78, 5) is 3.98. The predicted molar refractivity (Wildman–Crippen MR) is 48.7 cm³/mol. The quantitative estimate of drug-likeness (QED) is 0.768. The molecule has 0 unspecified atom stereocenters. The van der Waals surface area contributed by atoms with E-state index >= 15 is 0 Å². The number of rotatable bonds is 3. The highest BCUT2D eigenvalue weighted by atomic mass is 19.1. The lowest BCUT2D eigenvalue weighted by molar-refractivity contribution is 0.594. The summed E-state index contributed by atoms with van der Waals surface area (Å²) in [6.45, 7) is 0. The van der Waals surface area contributed by atoms with Crippen LogP contribution in [0.25, 0.3) is 0 Å². The molecule has 1 aliphatic carbocycles. The second-order valence-corrected chi connectivity index (χ2v) is 3.83. The standard InChI is InChI=1S/C10H13FN2/c11-8-1-2-9(13-7-8)3-4-10(12)5-6-10/h1-2,7H,3-6,12H2. The third kappa shape index (κ3) is 2.25. The van der Waals surface area contributed by atoms with Crippen LogP contribution in [-0.2, 0) is 6.42 Å². The molecule has 1 aliphatic rings. The van der Waals surface area contributed by atoms with Gasteiger partial charge in [0.05, 0.1) is 6.20 Å². The van der Waals surface area contributed by atoms with Gasteiger partial charge in [-0.05, 0) is 37.8 Å². The molecule has 3 heteroatoms. The average molecular weight is 180 g/mol. The number of hydrogen-bond acceptors (Lipinski definition) is 2. The second kappa shape index (κ2) is 3.07. The fourth-order valence-electron chi connectivity index (χ4n) is 1.34. The average Bonchev–Trinajstić information content (AvgIpc) is 2.84. The second-order valence-electron chi connectivity index (χ2n) is 3.83. The Morgan fingerprint density at radius 2 is 2.23 bits per heavy atom. The highest BCUT2D eigenvalue weighted by Gasteiger charge is 2.37. The van der Waals surface area contributed by atoms with Crippen LogP contribution in [0.1, 0.15) is 25.0 Å². The number of nitrogens with two attached hydrogens (primary N) is 1. The fourth-order valence-corrected chi connectivity index (χ4v) is 1.34. The van der Waals surface area contributed by atoms with Crippen molar-refractivity contribution in [3.8, 4) is 0 Å². The maximum atomic E-state index is 12.5. The summed E-state index contributed by atoms with van der Waals surface area (Å²) in [6, 6.07) is 3.17. The van der Waals surface area contributed by atoms with Crippen LogP contribution in [0.3, 0.4) is 0 Å². The lowest BCUT2D eigenvalue weighted by Gasteiger charge is -2.06. The number of pyridine rings is 1. The van der Waals surface area contributed by atoms with Crippen molar-refractivity contribution in [2.24, 2.45) is 5.73 Å². The molecule has 2 N–H and O–H groups in total. The van der Waals surface area contributed by atoms with Gasteiger partial charge in [0, 0.05) is 11.2 Å². The van der Waals surface area contributed by atoms with E-state index in [0.717, 1.165) is 31.4 Å². The normalized spacial score (nSPS) is 18.6. The van der Waals surface area contributed by atoms with E-state index < -0.39 is 0 Å². The molecule has 0 amide bonds. The Kier molecular flexibility index (Phi) is 2.04.